The van der Waals surface area contributed by atoms with Gasteiger partial charge in [-0.2, -0.15) is 10.1 Å². The van der Waals surface area contributed by atoms with Gasteiger partial charge in [0.05, 0.1) is 6.20 Å². The molecule has 2 aromatic rings. The summed E-state index contributed by atoms with van der Waals surface area (Å²) in [5.41, 5.74) is 1.26. The van der Waals surface area contributed by atoms with E-state index in [1.54, 1.807) is 6.20 Å². The smallest absolute Gasteiger partial charge is 0.244 e. The number of hydrogen-bond donors (Lipinski definition) is 1. The van der Waals surface area contributed by atoms with Crippen LogP contribution < -0.4 is 10.2 Å². The van der Waals surface area contributed by atoms with E-state index in [2.05, 4.69) is 70.4 Å². The van der Waals surface area contributed by atoms with Crippen molar-refractivity contribution in [1.29, 1.82) is 0 Å². The van der Waals surface area contributed by atoms with Gasteiger partial charge in [0.1, 0.15) is 0 Å². The Labute approximate surface area is 132 Å². The first-order valence-corrected chi connectivity index (χ1v) is 7.91. The van der Waals surface area contributed by atoms with Gasteiger partial charge < -0.3 is 10.2 Å². The Bertz CT molecular complexity index is 556. The van der Waals surface area contributed by atoms with E-state index in [0.717, 1.165) is 31.9 Å². The molecule has 1 aromatic carbocycles. The first-order valence-electron chi connectivity index (χ1n) is 7.91. The van der Waals surface area contributed by atoms with Crippen molar-refractivity contribution in [2.24, 2.45) is 5.92 Å². The second-order valence-corrected chi connectivity index (χ2v) is 5.75. The average molecular weight is 299 g/mol. The van der Waals surface area contributed by atoms with Gasteiger partial charge in [-0.25, -0.2) is 0 Å². The van der Waals surface area contributed by atoms with Crippen molar-refractivity contribution in [1.82, 2.24) is 15.2 Å². The fourth-order valence-electron chi connectivity index (χ4n) is 2.15. The maximum absolute atomic E-state index is 4.58. The lowest BCUT2D eigenvalue weighted by Crippen LogP contribution is -2.24. The molecule has 0 aliphatic rings. The molecule has 0 bridgehead atoms. The van der Waals surface area contributed by atoms with Crippen LogP contribution in [0.5, 0.6) is 0 Å². The highest BCUT2D eigenvalue weighted by atomic mass is 15.3. The summed E-state index contributed by atoms with van der Waals surface area (Å²) in [7, 11) is 0. The van der Waals surface area contributed by atoms with Crippen molar-refractivity contribution in [3.8, 4) is 0 Å². The van der Waals surface area contributed by atoms with Crippen molar-refractivity contribution in [3.63, 3.8) is 0 Å². The van der Waals surface area contributed by atoms with Crippen LogP contribution in [0.15, 0.2) is 36.5 Å². The summed E-state index contributed by atoms with van der Waals surface area (Å²) in [5, 5.41) is 11.4. The zero-order valence-corrected chi connectivity index (χ0v) is 13.7. The third-order valence-corrected chi connectivity index (χ3v) is 3.47. The molecule has 1 aromatic heterocycles. The molecule has 22 heavy (non-hydrogen) atoms. The van der Waals surface area contributed by atoms with Crippen LogP contribution >= 0.6 is 0 Å². The molecule has 0 fully saturated rings. The van der Waals surface area contributed by atoms with Crippen LogP contribution in [0.3, 0.4) is 0 Å². The largest absolute Gasteiger partial charge is 0.353 e. The number of anilines is 2. The Kier molecular flexibility index (Phi) is 6.13. The topological polar surface area (TPSA) is 53.9 Å². The van der Waals surface area contributed by atoms with Gasteiger partial charge in [-0.15, -0.1) is 5.10 Å². The summed E-state index contributed by atoms with van der Waals surface area (Å²) in [6, 6.07) is 10.4. The van der Waals surface area contributed by atoms with Crippen LogP contribution in [0.1, 0.15) is 32.8 Å². The predicted molar refractivity (Wildman–Crippen MR) is 90.9 cm³/mol. The molecule has 0 unspecified atom stereocenters. The zero-order chi connectivity index (χ0) is 15.8. The molecule has 0 amide bonds. The molecular weight excluding hydrogens is 274 g/mol. The minimum atomic E-state index is 0.602. The van der Waals surface area contributed by atoms with Crippen LogP contribution in [0, 0.1) is 5.92 Å². The maximum Gasteiger partial charge on any atom is 0.244 e. The molecule has 5 nitrogen and oxygen atoms in total. The highest BCUT2D eigenvalue weighted by molar-refractivity contribution is 5.41. The van der Waals surface area contributed by atoms with E-state index in [9.17, 15) is 0 Å². The van der Waals surface area contributed by atoms with Crippen LogP contribution in [0.2, 0.25) is 0 Å². The predicted octanol–water partition coefficient (Wildman–Crippen LogP) is 3.36. The molecule has 0 radical (unpaired) electrons. The highest BCUT2D eigenvalue weighted by Crippen LogP contribution is 2.14. The second-order valence-electron chi connectivity index (χ2n) is 5.75. The molecule has 0 saturated heterocycles. The van der Waals surface area contributed by atoms with E-state index in [1.807, 2.05) is 6.07 Å². The van der Waals surface area contributed by atoms with E-state index in [0.29, 0.717) is 11.9 Å². The number of rotatable bonds is 8. The summed E-state index contributed by atoms with van der Waals surface area (Å²) < 4.78 is 0. The van der Waals surface area contributed by atoms with Crippen molar-refractivity contribution in [2.75, 3.05) is 23.3 Å². The molecule has 0 aliphatic carbocycles. The third-order valence-electron chi connectivity index (χ3n) is 3.47. The summed E-state index contributed by atoms with van der Waals surface area (Å²) in [6.45, 7) is 9.09. The van der Waals surface area contributed by atoms with E-state index in [1.165, 1.54) is 5.56 Å². The molecule has 2 rings (SSSR count). The molecule has 1 N–H and O–H groups in total. The van der Waals surface area contributed by atoms with Crippen LogP contribution in [0.4, 0.5) is 11.8 Å². The molecule has 1 heterocycles. The summed E-state index contributed by atoms with van der Waals surface area (Å²) in [5.74, 6) is 2.12. The van der Waals surface area contributed by atoms with Crippen LogP contribution in [-0.4, -0.2) is 28.3 Å². The Hall–Kier alpha value is -2.17. The van der Waals surface area contributed by atoms with E-state index < -0.39 is 0 Å². The number of nitrogens with zero attached hydrogens (tertiary/aromatic N) is 4. The third kappa shape index (κ3) is 4.98. The van der Waals surface area contributed by atoms with Gasteiger partial charge in [0.2, 0.25) is 5.95 Å². The standard InChI is InChI=1S/C17H25N5/c1-4-22(13-15-8-6-5-7-9-15)16-12-19-21-17(20-16)18-11-10-14(2)3/h5-9,12,14H,4,10-11,13H2,1-3H3,(H,18,20,21). The number of aromatic nitrogens is 3. The van der Waals surface area contributed by atoms with Gasteiger partial charge in [0.15, 0.2) is 5.82 Å². The fourth-order valence-corrected chi connectivity index (χ4v) is 2.15. The molecule has 0 spiro atoms. The Morgan fingerprint density at radius 3 is 2.64 bits per heavy atom. The molecule has 5 heteroatoms. The summed E-state index contributed by atoms with van der Waals surface area (Å²) >= 11 is 0. The minimum Gasteiger partial charge on any atom is -0.353 e. The Morgan fingerprint density at radius 2 is 1.95 bits per heavy atom. The van der Waals surface area contributed by atoms with Gasteiger partial charge in [0.25, 0.3) is 0 Å². The number of benzene rings is 1. The lowest BCUT2D eigenvalue weighted by Gasteiger charge is -2.21. The highest BCUT2D eigenvalue weighted by Gasteiger charge is 2.09. The second kappa shape index (κ2) is 8.32. The van der Waals surface area contributed by atoms with Gasteiger partial charge in [-0.05, 0) is 24.8 Å². The van der Waals surface area contributed by atoms with Crippen molar-refractivity contribution in [2.45, 2.75) is 33.7 Å². The fraction of sp³-hybridized carbons (Fsp3) is 0.471. The monoisotopic (exact) mass is 299 g/mol. The molecule has 0 aliphatic heterocycles. The van der Waals surface area contributed by atoms with Crippen LogP contribution in [0.25, 0.3) is 0 Å². The van der Waals surface area contributed by atoms with Gasteiger partial charge in [-0.3, -0.25) is 0 Å². The Morgan fingerprint density at radius 1 is 1.18 bits per heavy atom. The first kappa shape index (κ1) is 16.2. The molecule has 118 valence electrons. The van der Waals surface area contributed by atoms with Crippen molar-refractivity contribution in [3.05, 3.63) is 42.1 Å². The van der Waals surface area contributed by atoms with E-state index in [-0.39, 0.29) is 0 Å². The zero-order valence-electron chi connectivity index (χ0n) is 13.7. The van der Waals surface area contributed by atoms with E-state index in [4.69, 9.17) is 0 Å². The maximum atomic E-state index is 4.58. The van der Waals surface area contributed by atoms with Gasteiger partial charge in [-0.1, -0.05) is 44.2 Å². The van der Waals surface area contributed by atoms with Crippen molar-refractivity contribution >= 4 is 11.8 Å². The normalized spacial score (nSPS) is 10.7. The van der Waals surface area contributed by atoms with Crippen LogP contribution in [-0.2, 0) is 6.54 Å². The quantitative estimate of drug-likeness (QED) is 0.810. The van der Waals surface area contributed by atoms with E-state index >= 15 is 0 Å². The Balaban J connectivity index is 2.02. The molecular formula is C17H25N5. The van der Waals surface area contributed by atoms with Gasteiger partial charge >= 0.3 is 0 Å². The number of nitrogens with one attached hydrogen (secondary N) is 1. The van der Waals surface area contributed by atoms with Crippen molar-refractivity contribution < 1.29 is 0 Å². The SMILES string of the molecule is CCN(Cc1ccccc1)c1cnnc(NCCC(C)C)n1. The summed E-state index contributed by atoms with van der Waals surface area (Å²) in [4.78, 5) is 6.77. The summed E-state index contributed by atoms with van der Waals surface area (Å²) in [6.07, 6.45) is 2.81. The number of hydrogen-bond acceptors (Lipinski definition) is 5. The lowest BCUT2D eigenvalue weighted by molar-refractivity contribution is 0.605. The lowest BCUT2D eigenvalue weighted by atomic mass is 10.1. The first-order chi connectivity index (χ1) is 10.7. The molecule has 0 saturated carbocycles. The molecule has 0 atom stereocenters. The average Bonchev–Trinajstić information content (AvgIpc) is 2.53. The minimum absolute atomic E-state index is 0.602. The van der Waals surface area contributed by atoms with Gasteiger partial charge in [0, 0.05) is 19.6 Å².